The first-order chi connectivity index (χ1) is 7.67. The molecule has 0 bridgehead atoms. The molecule has 0 aromatic carbocycles. The van der Waals surface area contributed by atoms with Gasteiger partial charge in [-0.15, -0.1) is 0 Å². The topological polar surface area (TPSA) is 63.0 Å². The van der Waals surface area contributed by atoms with Crippen molar-refractivity contribution in [3.8, 4) is 0 Å². The molecule has 0 fully saturated rings. The van der Waals surface area contributed by atoms with Crippen LogP contribution in [0.5, 0.6) is 0 Å². The highest BCUT2D eigenvalue weighted by molar-refractivity contribution is 4.84. The lowest BCUT2D eigenvalue weighted by molar-refractivity contribution is 0.112. The van der Waals surface area contributed by atoms with Gasteiger partial charge in [-0.2, -0.15) is 5.10 Å². The standard InChI is InChI=1S/C11H22N4O/c1-4-11(5-2,8-16)7-12-6-10-13-9-14-15(10)3/h9,12,16H,4-8H2,1-3H3. The minimum atomic E-state index is -0.00140. The zero-order valence-electron chi connectivity index (χ0n) is 10.4. The molecule has 0 aliphatic carbocycles. The Bertz CT molecular complexity index is 298. The molecule has 0 unspecified atom stereocenters. The van der Waals surface area contributed by atoms with Crippen LogP contribution in [0.3, 0.4) is 0 Å². The third-order valence-electron chi connectivity index (χ3n) is 3.42. The average Bonchev–Trinajstić information content (AvgIpc) is 2.71. The SMILES string of the molecule is CCC(CC)(CO)CNCc1ncnn1C. The summed E-state index contributed by atoms with van der Waals surface area (Å²) in [5.41, 5.74) is -0.00140. The van der Waals surface area contributed by atoms with E-state index in [-0.39, 0.29) is 12.0 Å². The fourth-order valence-corrected chi connectivity index (χ4v) is 1.70. The second-order valence-corrected chi connectivity index (χ2v) is 4.27. The molecule has 0 amide bonds. The van der Waals surface area contributed by atoms with Crippen molar-refractivity contribution in [2.45, 2.75) is 33.2 Å². The largest absolute Gasteiger partial charge is 0.396 e. The molecule has 0 atom stereocenters. The van der Waals surface area contributed by atoms with Crippen molar-refractivity contribution in [2.24, 2.45) is 12.5 Å². The smallest absolute Gasteiger partial charge is 0.140 e. The molecule has 0 radical (unpaired) electrons. The van der Waals surface area contributed by atoms with Gasteiger partial charge in [-0.25, -0.2) is 4.98 Å². The number of nitrogens with one attached hydrogen (secondary N) is 1. The van der Waals surface area contributed by atoms with Gasteiger partial charge in [-0.1, -0.05) is 13.8 Å². The van der Waals surface area contributed by atoms with E-state index in [0.29, 0.717) is 6.54 Å². The summed E-state index contributed by atoms with van der Waals surface area (Å²) in [6.07, 6.45) is 3.51. The van der Waals surface area contributed by atoms with Crippen LogP contribution in [-0.4, -0.2) is 33.0 Å². The summed E-state index contributed by atoms with van der Waals surface area (Å²) in [4.78, 5) is 4.14. The van der Waals surface area contributed by atoms with Crippen molar-refractivity contribution in [2.75, 3.05) is 13.2 Å². The molecule has 0 spiro atoms. The summed E-state index contributed by atoms with van der Waals surface area (Å²) in [5.74, 6) is 0.916. The van der Waals surface area contributed by atoms with Gasteiger partial charge in [0, 0.05) is 25.6 Å². The molecule has 0 aliphatic rings. The molecule has 5 heteroatoms. The van der Waals surface area contributed by atoms with Gasteiger partial charge < -0.3 is 10.4 Å². The third-order valence-corrected chi connectivity index (χ3v) is 3.42. The van der Waals surface area contributed by atoms with Crippen molar-refractivity contribution >= 4 is 0 Å². The Morgan fingerprint density at radius 2 is 2.12 bits per heavy atom. The van der Waals surface area contributed by atoms with Crippen LogP contribution in [0.2, 0.25) is 0 Å². The van der Waals surface area contributed by atoms with Crippen molar-refractivity contribution in [1.82, 2.24) is 20.1 Å². The predicted molar refractivity (Wildman–Crippen MR) is 62.8 cm³/mol. The zero-order valence-corrected chi connectivity index (χ0v) is 10.4. The summed E-state index contributed by atoms with van der Waals surface area (Å²) in [6.45, 7) is 5.96. The Kier molecular flexibility index (Phi) is 4.89. The Labute approximate surface area is 96.9 Å². The van der Waals surface area contributed by atoms with Crippen LogP contribution in [0.25, 0.3) is 0 Å². The fourth-order valence-electron chi connectivity index (χ4n) is 1.70. The van der Waals surface area contributed by atoms with Crippen molar-refractivity contribution in [1.29, 1.82) is 0 Å². The maximum absolute atomic E-state index is 9.42. The summed E-state index contributed by atoms with van der Waals surface area (Å²) >= 11 is 0. The molecule has 1 aromatic rings. The van der Waals surface area contributed by atoms with Gasteiger partial charge in [0.15, 0.2) is 0 Å². The van der Waals surface area contributed by atoms with Crippen LogP contribution in [-0.2, 0) is 13.6 Å². The molecular weight excluding hydrogens is 204 g/mol. The first-order valence-corrected chi connectivity index (χ1v) is 5.82. The average molecular weight is 226 g/mol. The minimum absolute atomic E-state index is 0.00140. The van der Waals surface area contributed by atoms with E-state index >= 15 is 0 Å². The lowest BCUT2D eigenvalue weighted by atomic mass is 9.83. The van der Waals surface area contributed by atoms with E-state index in [4.69, 9.17) is 0 Å². The first kappa shape index (κ1) is 13.1. The number of aromatic nitrogens is 3. The van der Waals surface area contributed by atoms with Crippen molar-refractivity contribution in [3.05, 3.63) is 12.2 Å². The lowest BCUT2D eigenvalue weighted by Gasteiger charge is -2.29. The van der Waals surface area contributed by atoms with Crippen LogP contribution in [0, 0.1) is 5.41 Å². The second-order valence-electron chi connectivity index (χ2n) is 4.27. The van der Waals surface area contributed by atoms with E-state index in [9.17, 15) is 5.11 Å². The van der Waals surface area contributed by atoms with Gasteiger partial charge in [0.2, 0.25) is 0 Å². The quantitative estimate of drug-likeness (QED) is 0.718. The Morgan fingerprint density at radius 3 is 2.56 bits per heavy atom. The molecule has 16 heavy (non-hydrogen) atoms. The zero-order chi connectivity index (χ0) is 12.0. The maximum atomic E-state index is 9.42. The lowest BCUT2D eigenvalue weighted by Crippen LogP contribution is -2.36. The molecule has 0 saturated carbocycles. The van der Waals surface area contributed by atoms with Gasteiger partial charge in [-0.3, -0.25) is 4.68 Å². The second kappa shape index (κ2) is 5.96. The predicted octanol–water partition coefficient (Wildman–Crippen LogP) is 0.703. The highest BCUT2D eigenvalue weighted by Gasteiger charge is 2.24. The number of aliphatic hydroxyl groups is 1. The Hall–Kier alpha value is -0.940. The van der Waals surface area contributed by atoms with Crippen LogP contribution in [0.1, 0.15) is 32.5 Å². The van der Waals surface area contributed by atoms with E-state index in [0.717, 1.165) is 25.2 Å². The molecule has 0 aliphatic heterocycles. The molecule has 1 heterocycles. The van der Waals surface area contributed by atoms with E-state index in [1.165, 1.54) is 0 Å². The number of aryl methyl sites for hydroxylation is 1. The minimum Gasteiger partial charge on any atom is -0.396 e. The maximum Gasteiger partial charge on any atom is 0.140 e. The van der Waals surface area contributed by atoms with Crippen LogP contribution in [0.15, 0.2) is 6.33 Å². The summed E-state index contributed by atoms with van der Waals surface area (Å²) in [6, 6.07) is 0. The first-order valence-electron chi connectivity index (χ1n) is 5.82. The van der Waals surface area contributed by atoms with E-state index < -0.39 is 0 Å². The van der Waals surface area contributed by atoms with Crippen LogP contribution >= 0.6 is 0 Å². The molecule has 2 N–H and O–H groups in total. The number of hydrogen-bond donors (Lipinski definition) is 2. The summed E-state index contributed by atoms with van der Waals surface area (Å²) < 4.78 is 1.76. The van der Waals surface area contributed by atoms with Gasteiger partial charge >= 0.3 is 0 Å². The molecule has 5 nitrogen and oxygen atoms in total. The molecular formula is C11H22N4O. The molecule has 1 rings (SSSR count). The fraction of sp³-hybridized carbons (Fsp3) is 0.818. The van der Waals surface area contributed by atoms with Gasteiger partial charge in [-0.05, 0) is 12.8 Å². The number of aliphatic hydroxyl groups excluding tert-OH is 1. The van der Waals surface area contributed by atoms with Gasteiger partial charge in [0.05, 0.1) is 6.54 Å². The highest BCUT2D eigenvalue weighted by Crippen LogP contribution is 2.24. The van der Waals surface area contributed by atoms with Crippen molar-refractivity contribution < 1.29 is 5.11 Å². The third kappa shape index (κ3) is 3.02. The van der Waals surface area contributed by atoms with Gasteiger partial charge in [0.25, 0.3) is 0 Å². The Balaban J connectivity index is 2.42. The normalized spacial score (nSPS) is 12.0. The van der Waals surface area contributed by atoms with Crippen LogP contribution in [0.4, 0.5) is 0 Å². The van der Waals surface area contributed by atoms with Crippen LogP contribution < -0.4 is 5.32 Å². The molecule has 0 saturated heterocycles. The molecule has 1 aromatic heterocycles. The summed E-state index contributed by atoms with van der Waals surface area (Å²) in [5, 5.41) is 16.8. The summed E-state index contributed by atoms with van der Waals surface area (Å²) in [7, 11) is 1.88. The highest BCUT2D eigenvalue weighted by atomic mass is 16.3. The number of nitrogens with zero attached hydrogens (tertiary/aromatic N) is 3. The monoisotopic (exact) mass is 226 g/mol. The number of hydrogen-bond acceptors (Lipinski definition) is 4. The molecule has 92 valence electrons. The van der Waals surface area contributed by atoms with E-state index in [2.05, 4.69) is 29.2 Å². The van der Waals surface area contributed by atoms with Gasteiger partial charge in [0.1, 0.15) is 12.2 Å². The van der Waals surface area contributed by atoms with E-state index in [1.807, 2.05) is 7.05 Å². The van der Waals surface area contributed by atoms with Crippen molar-refractivity contribution in [3.63, 3.8) is 0 Å². The Morgan fingerprint density at radius 1 is 1.44 bits per heavy atom. The van der Waals surface area contributed by atoms with E-state index in [1.54, 1.807) is 11.0 Å². The number of rotatable bonds is 7.